The number of alkyl halides is 3. The minimum absolute atomic E-state index is 0.0605. The second kappa shape index (κ2) is 6.20. The summed E-state index contributed by atoms with van der Waals surface area (Å²) in [7, 11) is 0. The Bertz CT molecular complexity index is 464. The van der Waals surface area contributed by atoms with E-state index in [1.54, 1.807) is 29.6 Å². The summed E-state index contributed by atoms with van der Waals surface area (Å²) in [6.07, 6.45) is -5.23. The highest BCUT2D eigenvalue weighted by Crippen LogP contribution is 2.41. The fourth-order valence-corrected chi connectivity index (χ4v) is 5.09. The molecule has 4 unspecified atom stereocenters. The fraction of sp³-hybridized carbons (Fsp3) is 0.571. The van der Waals surface area contributed by atoms with Gasteiger partial charge in [-0.1, -0.05) is 26.0 Å². The van der Waals surface area contributed by atoms with Crippen molar-refractivity contribution in [2.75, 3.05) is 5.75 Å². The Hall–Kier alpha value is -0.330. The third-order valence-corrected chi connectivity index (χ3v) is 6.96. The largest absolute Gasteiger partial charge is 0.416 e. The van der Waals surface area contributed by atoms with E-state index in [-0.39, 0.29) is 5.25 Å². The van der Waals surface area contributed by atoms with Crippen molar-refractivity contribution in [3.63, 3.8) is 0 Å². The number of thioether (sulfide) groups is 2. The van der Waals surface area contributed by atoms with E-state index < -0.39 is 17.8 Å². The van der Waals surface area contributed by atoms with E-state index in [0.29, 0.717) is 16.1 Å². The maximum Gasteiger partial charge on any atom is 0.416 e. The molecule has 0 radical (unpaired) electrons. The van der Waals surface area contributed by atoms with Crippen LogP contribution in [0.4, 0.5) is 13.2 Å². The van der Waals surface area contributed by atoms with Crippen molar-refractivity contribution >= 4 is 23.5 Å². The van der Waals surface area contributed by atoms with Crippen LogP contribution in [-0.2, 0) is 6.18 Å². The van der Waals surface area contributed by atoms with Crippen LogP contribution in [0.25, 0.3) is 0 Å². The topological polar surface area (TPSA) is 20.2 Å². The third kappa shape index (κ3) is 3.65. The molecule has 4 atom stereocenters. The molecule has 20 heavy (non-hydrogen) atoms. The molecule has 0 spiro atoms. The first kappa shape index (κ1) is 16.0. The lowest BCUT2D eigenvalue weighted by molar-refractivity contribution is -0.137. The van der Waals surface area contributed by atoms with E-state index in [1.807, 2.05) is 0 Å². The van der Waals surface area contributed by atoms with Crippen LogP contribution in [0.3, 0.4) is 0 Å². The van der Waals surface area contributed by atoms with E-state index in [9.17, 15) is 18.3 Å². The Morgan fingerprint density at radius 2 is 1.95 bits per heavy atom. The number of halogens is 3. The van der Waals surface area contributed by atoms with Crippen molar-refractivity contribution in [2.24, 2.45) is 0 Å². The minimum atomic E-state index is -4.37. The van der Waals surface area contributed by atoms with Crippen LogP contribution < -0.4 is 0 Å². The molecule has 6 heteroatoms. The fourth-order valence-electron chi connectivity index (χ4n) is 2.09. The quantitative estimate of drug-likeness (QED) is 0.873. The van der Waals surface area contributed by atoms with Gasteiger partial charge in [-0.3, -0.25) is 0 Å². The molecule has 2 rings (SSSR count). The third-order valence-electron chi connectivity index (χ3n) is 3.48. The Kier molecular flexibility index (Phi) is 4.97. The molecule has 0 amide bonds. The summed E-state index contributed by atoms with van der Waals surface area (Å²) < 4.78 is 38.1. The lowest BCUT2D eigenvalue weighted by atomic mass is 10.0. The zero-order valence-corrected chi connectivity index (χ0v) is 12.9. The molecule has 1 nitrogen and oxygen atoms in total. The molecule has 0 saturated carbocycles. The van der Waals surface area contributed by atoms with Crippen molar-refractivity contribution in [1.82, 2.24) is 0 Å². The SMILES string of the molecule is CC1SCC(C(O)c2cccc(C(F)(F)F)c2)SC1C. The van der Waals surface area contributed by atoms with E-state index in [1.165, 1.54) is 6.07 Å². The summed E-state index contributed by atoms with van der Waals surface area (Å²) in [6, 6.07) is 5.00. The highest BCUT2D eigenvalue weighted by atomic mass is 32.2. The Morgan fingerprint density at radius 1 is 1.25 bits per heavy atom. The lowest BCUT2D eigenvalue weighted by Crippen LogP contribution is -2.30. The van der Waals surface area contributed by atoms with Crippen LogP contribution in [0.15, 0.2) is 24.3 Å². The molecule has 0 aliphatic carbocycles. The van der Waals surface area contributed by atoms with Gasteiger partial charge in [0.15, 0.2) is 0 Å². The summed E-state index contributed by atoms with van der Waals surface area (Å²) >= 11 is 3.42. The number of benzene rings is 1. The Morgan fingerprint density at radius 3 is 2.55 bits per heavy atom. The number of aliphatic hydroxyl groups excluding tert-OH is 1. The molecular formula is C14H17F3OS2. The van der Waals surface area contributed by atoms with Crippen molar-refractivity contribution in [3.8, 4) is 0 Å². The van der Waals surface area contributed by atoms with Gasteiger partial charge in [-0.05, 0) is 17.7 Å². The van der Waals surface area contributed by atoms with E-state index >= 15 is 0 Å². The van der Waals surface area contributed by atoms with Gasteiger partial charge >= 0.3 is 6.18 Å². The highest BCUT2D eigenvalue weighted by molar-refractivity contribution is 8.07. The van der Waals surface area contributed by atoms with Gasteiger partial charge in [0.2, 0.25) is 0 Å². The molecule has 1 N–H and O–H groups in total. The van der Waals surface area contributed by atoms with E-state index in [0.717, 1.165) is 17.9 Å². The maximum absolute atomic E-state index is 12.7. The van der Waals surface area contributed by atoms with Gasteiger partial charge in [-0.25, -0.2) is 0 Å². The van der Waals surface area contributed by atoms with Crippen LogP contribution in [0.1, 0.15) is 31.1 Å². The van der Waals surface area contributed by atoms with Gasteiger partial charge in [0.25, 0.3) is 0 Å². The number of hydrogen-bond acceptors (Lipinski definition) is 3. The van der Waals surface area contributed by atoms with Gasteiger partial charge < -0.3 is 5.11 Å². The second-order valence-corrected chi connectivity index (χ2v) is 8.02. The Labute approximate surface area is 125 Å². The van der Waals surface area contributed by atoms with Gasteiger partial charge in [-0.15, -0.1) is 0 Å². The summed E-state index contributed by atoms with van der Waals surface area (Å²) in [5.74, 6) is 0.758. The van der Waals surface area contributed by atoms with Crippen LogP contribution >= 0.6 is 23.5 Å². The summed E-state index contributed by atoms with van der Waals surface area (Å²) in [6.45, 7) is 4.22. The zero-order valence-electron chi connectivity index (χ0n) is 11.2. The van der Waals surface area contributed by atoms with Crippen LogP contribution in [0.2, 0.25) is 0 Å². The monoisotopic (exact) mass is 322 g/mol. The standard InChI is InChI=1S/C14H17F3OS2/c1-8-9(2)20-12(7-19-8)13(18)10-4-3-5-11(6-10)14(15,16)17/h3-6,8-9,12-13,18H,7H2,1-2H3. The minimum Gasteiger partial charge on any atom is -0.387 e. The summed E-state index contributed by atoms with van der Waals surface area (Å²) in [5.41, 5.74) is -0.358. The van der Waals surface area contributed by atoms with E-state index in [2.05, 4.69) is 13.8 Å². The van der Waals surface area contributed by atoms with E-state index in [4.69, 9.17) is 0 Å². The van der Waals surface area contributed by atoms with Crippen LogP contribution in [0.5, 0.6) is 0 Å². The van der Waals surface area contributed by atoms with Crippen LogP contribution in [0, 0.1) is 0 Å². The molecule has 0 aromatic heterocycles. The summed E-state index contributed by atoms with van der Waals surface area (Å²) in [5, 5.41) is 11.2. The summed E-state index contributed by atoms with van der Waals surface area (Å²) in [4.78, 5) is 0. The van der Waals surface area contributed by atoms with Gasteiger partial charge in [0, 0.05) is 21.5 Å². The highest BCUT2D eigenvalue weighted by Gasteiger charge is 2.34. The molecule has 1 fully saturated rings. The first-order valence-corrected chi connectivity index (χ1v) is 8.40. The molecular weight excluding hydrogens is 305 g/mol. The molecule has 0 bridgehead atoms. The number of rotatable bonds is 2. The molecule has 1 saturated heterocycles. The molecule has 1 aromatic carbocycles. The molecule has 1 aliphatic rings. The Balaban J connectivity index is 2.15. The first-order chi connectivity index (χ1) is 9.29. The molecule has 112 valence electrons. The smallest absolute Gasteiger partial charge is 0.387 e. The predicted molar refractivity (Wildman–Crippen MR) is 79.2 cm³/mol. The second-order valence-electron chi connectivity index (χ2n) is 4.99. The van der Waals surface area contributed by atoms with Gasteiger partial charge in [0.1, 0.15) is 0 Å². The van der Waals surface area contributed by atoms with Crippen molar-refractivity contribution in [2.45, 2.75) is 41.9 Å². The zero-order chi connectivity index (χ0) is 14.9. The number of aliphatic hydroxyl groups is 1. The molecule has 1 aliphatic heterocycles. The van der Waals surface area contributed by atoms with Crippen molar-refractivity contribution in [3.05, 3.63) is 35.4 Å². The van der Waals surface area contributed by atoms with Crippen molar-refractivity contribution in [1.29, 1.82) is 0 Å². The first-order valence-electron chi connectivity index (χ1n) is 6.41. The van der Waals surface area contributed by atoms with Gasteiger partial charge in [-0.2, -0.15) is 36.7 Å². The maximum atomic E-state index is 12.7. The normalized spacial score (nSPS) is 29.2. The average Bonchev–Trinajstić information content (AvgIpc) is 2.40. The molecule has 1 aromatic rings. The van der Waals surface area contributed by atoms with Crippen molar-refractivity contribution < 1.29 is 18.3 Å². The average molecular weight is 322 g/mol. The molecule has 1 heterocycles. The lowest BCUT2D eigenvalue weighted by Gasteiger charge is -2.34. The number of hydrogen-bond donors (Lipinski definition) is 1. The van der Waals surface area contributed by atoms with Crippen LogP contribution in [-0.4, -0.2) is 26.6 Å². The predicted octanol–water partition coefficient (Wildman–Crippen LogP) is 4.36. The van der Waals surface area contributed by atoms with Gasteiger partial charge in [0.05, 0.1) is 11.7 Å².